The highest BCUT2D eigenvalue weighted by atomic mass is 35.5. The molecule has 0 bridgehead atoms. The number of nitro benzene ring substituents is 1. The number of nitrogens with zero attached hydrogens (tertiary/aromatic N) is 6. The summed E-state index contributed by atoms with van der Waals surface area (Å²) in [5.74, 6) is -0.787. The van der Waals surface area contributed by atoms with Crippen molar-refractivity contribution in [3.8, 4) is 39.7 Å². The van der Waals surface area contributed by atoms with E-state index in [4.69, 9.17) is 42.3 Å². The second-order valence-corrected chi connectivity index (χ2v) is 14.3. The third-order valence-corrected chi connectivity index (χ3v) is 11.2. The molecule has 0 saturated carbocycles. The van der Waals surface area contributed by atoms with Crippen molar-refractivity contribution < 1.29 is 29.1 Å². The van der Waals surface area contributed by atoms with Gasteiger partial charge in [-0.3, -0.25) is 29.7 Å². The van der Waals surface area contributed by atoms with Crippen LogP contribution in [0.3, 0.4) is 0 Å². The maximum Gasteiger partial charge on any atom is 0.317 e. The molecular weight excluding hydrogens is 711 g/mol. The molecule has 8 rings (SSSR count). The molecule has 2 aliphatic heterocycles. The molecule has 3 aliphatic rings. The summed E-state index contributed by atoms with van der Waals surface area (Å²) >= 11 is 14.1. The van der Waals surface area contributed by atoms with E-state index in [2.05, 4.69) is 14.8 Å². The Morgan fingerprint density at radius 2 is 1.77 bits per heavy atom. The van der Waals surface area contributed by atoms with Crippen molar-refractivity contribution in [2.24, 2.45) is 5.92 Å². The van der Waals surface area contributed by atoms with Crippen LogP contribution in [0.25, 0.3) is 44.9 Å². The lowest BCUT2D eigenvalue weighted by molar-refractivity contribution is -0.384. The van der Waals surface area contributed by atoms with E-state index in [1.807, 2.05) is 30.3 Å². The molecule has 15 heteroatoms. The summed E-state index contributed by atoms with van der Waals surface area (Å²) in [5, 5.41) is 32.6. The lowest BCUT2D eigenvalue weighted by Gasteiger charge is -2.24. The number of oxazole rings is 1. The van der Waals surface area contributed by atoms with Gasteiger partial charge >= 0.3 is 11.7 Å². The number of aliphatic hydroxyl groups excluding tert-OH is 1. The van der Waals surface area contributed by atoms with Crippen LogP contribution < -0.4 is 4.74 Å². The average molecular weight is 746 g/mol. The first-order chi connectivity index (χ1) is 25.1. The molecule has 4 heterocycles. The van der Waals surface area contributed by atoms with Gasteiger partial charge in [-0.15, -0.1) is 0 Å². The predicted molar refractivity (Wildman–Crippen MR) is 193 cm³/mol. The van der Waals surface area contributed by atoms with E-state index in [1.54, 1.807) is 18.3 Å². The lowest BCUT2D eigenvalue weighted by Crippen LogP contribution is -2.26. The molecule has 52 heavy (non-hydrogen) atoms. The van der Waals surface area contributed by atoms with Crippen molar-refractivity contribution in [3.05, 3.63) is 85.6 Å². The van der Waals surface area contributed by atoms with E-state index >= 15 is 0 Å². The third-order valence-electron chi connectivity index (χ3n) is 10.4. The number of carboxylic acid groups (broad SMARTS) is 1. The standard InChI is InChI=1S/C37H34Cl2N6O7/c1-51-36-29(18-43-12-11-20(46)17-43)40-15-28(42-36)24-6-2-4-21(31(24)38)22-5-3-7-25(32(22)39)35-41-27-14-26-23(33(45(49)50)34(27)52-35)8-9-30(26)44-13-10-19(16-44)37(47)48/h2-7,14-15,19-20,30,46H,8-13,16-18H2,1H3,(H,47,48)/t19-,20-,30-/m1/s1. The minimum Gasteiger partial charge on any atom is -0.481 e. The zero-order valence-corrected chi connectivity index (χ0v) is 29.6. The van der Waals surface area contributed by atoms with E-state index < -0.39 is 16.8 Å². The summed E-state index contributed by atoms with van der Waals surface area (Å²) in [6.45, 7) is 2.84. The van der Waals surface area contributed by atoms with Crippen LogP contribution in [0.2, 0.25) is 10.0 Å². The van der Waals surface area contributed by atoms with Crippen molar-refractivity contribution in [1.82, 2.24) is 24.8 Å². The predicted octanol–water partition coefficient (Wildman–Crippen LogP) is 6.80. The van der Waals surface area contributed by atoms with Gasteiger partial charge in [0, 0.05) is 54.5 Å². The number of nitro groups is 1. The molecule has 13 nitrogen and oxygen atoms in total. The van der Waals surface area contributed by atoms with Crippen LogP contribution in [0, 0.1) is 16.0 Å². The van der Waals surface area contributed by atoms with Crippen LogP contribution in [0.1, 0.15) is 42.1 Å². The van der Waals surface area contributed by atoms with Crippen LogP contribution >= 0.6 is 23.2 Å². The molecule has 2 N–H and O–H groups in total. The van der Waals surface area contributed by atoms with Gasteiger partial charge in [0.15, 0.2) is 0 Å². The number of methoxy groups -OCH3 is 1. The number of ether oxygens (including phenoxy) is 1. The van der Waals surface area contributed by atoms with Crippen LogP contribution in [0.5, 0.6) is 5.88 Å². The van der Waals surface area contributed by atoms with Gasteiger partial charge < -0.3 is 19.4 Å². The number of rotatable bonds is 9. The zero-order valence-electron chi connectivity index (χ0n) is 28.1. The second kappa shape index (κ2) is 13.7. The normalized spacial score (nSPS) is 20.5. The van der Waals surface area contributed by atoms with Crippen molar-refractivity contribution >= 4 is 46.0 Å². The maximum atomic E-state index is 12.5. The molecule has 2 aromatic heterocycles. The molecule has 2 fully saturated rings. The van der Waals surface area contributed by atoms with Crippen molar-refractivity contribution in [1.29, 1.82) is 0 Å². The zero-order chi connectivity index (χ0) is 36.3. The molecule has 268 valence electrons. The topological polar surface area (TPSA) is 168 Å². The van der Waals surface area contributed by atoms with Gasteiger partial charge in [-0.05, 0) is 49.9 Å². The Kier molecular flexibility index (Phi) is 9.08. The van der Waals surface area contributed by atoms with Crippen molar-refractivity contribution in [3.63, 3.8) is 0 Å². The SMILES string of the molecule is COc1nc(-c2cccc(-c3cccc(-c4nc5cc6c(c([N+](=O)[O-])c5o4)CC[C@H]6N4CC[C@@H](C(=O)O)C4)c3Cl)c2Cl)cnc1CN1CC[C@@H](O)C1. The fourth-order valence-electron chi connectivity index (χ4n) is 7.87. The van der Waals surface area contributed by atoms with Gasteiger partial charge in [-0.25, -0.2) is 9.97 Å². The van der Waals surface area contributed by atoms with Crippen molar-refractivity contribution in [2.45, 2.75) is 44.4 Å². The fourth-order valence-corrected chi connectivity index (χ4v) is 8.51. The number of hydrogen-bond donors (Lipinski definition) is 2. The largest absolute Gasteiger partial charge is 0.481 e. The smallest absolute Gasteiger partial charge is 0.317 e. The molecule has 3 aromatic carbocycles. The Balaban J connectivity index is 1.13. The Morgan fingerprint density at radius 1 is 1.04 bits per heavy atom. The fraction of sp³-hybridized carbons (Fsp3) is 0.351. The second-order valence-electron chi connectivity index (χ2n) is 13.5. The Bertz CT molecular complexity index is 2250. The minimum absolute atomic E-state index is 0.0719. The van der Waals surface area contributed by atoms with Gasteiger partial charge in [0.1, 0.15) is 11.2 Å². The quantitative estimate of drug-likeness (QED) is 0.120. The monoisotopic (exact) mass is 744 g/mol. The number of benzene rings is 3. The van der Waals surface area contributed by atoms with E-state index in [9.17, 15) is 25.1 Å². The summed E-state index contributed by atoms with van der Waals surface area (Å²) in [6, 6.07) is 12.6. The number of aliphatic hydroxyl groups is 1. The van der Waals surface area contributed by atoms with Gasteiger partial charge in [-0.1, -0.05) is 53.5 Å². The van der Waals surface area contributed by atoms with Crippen LogP contribution in [0.15, 0.2) is 53.1 Å². The molecule has 0 radical (unpaired) electrons. The number of halogens is 2. The van der Waals surface area contributed by atoms with Crippen LogP contribution in [0.4, 0.5) is 5.69 Å². The van der Waals surface area contributed by atoms with E-state index in [-0.39, 0.29) is 29.3 Å². The summed E-state index contributed by atoms with van der Waals surface area (Å²) < 4.78 is 11.7. The van der Waals surface area contributed by atoms with Crippen LogP contribution in [-0.2, 0) is 17.8 Å². The van der Waals surface area contributed by atoms with Gasteiger partial charge in [0.2, 0.25) is 17.4 Å². The highest BCUT2D eigenvalue weighted by Gasteiger charge is 2.40. The Labute approximate surface area is 307 Å². The minimum atomic E-state index is -0.825. The summed E-state index contributed by atoms with van der Waals surface area (Å²) in [5.41, 5.74) is 5.09. The van der Waals surface area contributed by atoms with E-state index in [0.29, 0.717) is 113 Å². The number of β-amino-alcohol motifs (C(OH)–C–C–N with tert-alkyl or cyclic N) is 1. The average Bonchev–Trinajstić information content (AvgIpc) is 3.94. The number of fused-ring (bicyclic) bond motifs is 2. The first-order valence-corrected chi connectivity index (χ1v) is 17.8. The molecule has 1 aliphatic carbocycles. The first kappa shape index (κ1) is 34.4. The number of aromatic nitrogens is 3. The third kappa shape index (κ3) is 6.05. The highest BCUT2D eigenvalue weighted by molar-refractivity contribution is 6.39. The molecule has 0 spiro atoms. The van der Waals surface area contributed by atoms with Crippen molar-refractivity contribution in [2.75, 3.05) is 33.3 Å². The molecule has 2 saturated heterocycles. The van der Waals surface area contributed by atoms with E-state index in [0.717, 1.165) is 12.1 Å². The maximum absolute atomic E-state index is 12.5. The summed E-state index contributed by atoms with van der Waals surface area (Å²) in [4.78, 5) is 42.0. The van der Waals surface area contributed by atoms with E-state index in [1.165, 1.54) is 7.11 Å². The lowest BCUT2D eigenvalue weighted by atomic mass is 9.99. The number of likely N-dealkylation sites (tertiary alicyclic amines) is 2. The van der Waals surface area contributed by atoms with Gasteiger partial charge in [-0.2, -0.15) is 0 Å². The molecule has 0 unspecified atom stereocenters. The first-order valence-electron chi connectivity index (χ1n) is 17.1. The number of hydrogen-bond acceptors (Lipinski definition) is 11. The summed E-state index contributed by atoms with van der Waals surface area (Å²) in [6.07, 6.45) is 3.68. The van der Waals surface area contributed by atoms with Gasteiger partial charge in [0.05, 0.1) is 51.6 Å². The summed E-state index contributed by atoms with van der Waals surface area (Å²) in [7, 11) is 1.54. The number of aliphatic carboxylic acids is 1. The Morgan fingerprint density at radius 3 is 2.44 bits per heavy atom. The molecule has 5 aromatic rings. The Hall–Kier alpha value is -4.66. The number of carboxylic acids is 1. The van der Waals surface area contributed by atoms with Crippen LogP contribution in [-0.4, -0.2) is 85.3 Å². The molecular formula is C37H34Cl2N6O7. The van der Waals surface area contributed by atoms with Gasteiger partial charge in [0.25, 0.3) is 0 Å². The molecule has 3 atom stereocenters. The number of carbonyl (C=O) groups is 1. The highest BCUT2D eigenvalue weighted by Crippen LogP contribution is 2.47. The molecule has 0 amide bonds.